The van der Waals surface area contributed by atoms with Crippen LogP contribution in [-0.4, -0.2) is 0 Å². The average molecular weight is 91.1 g/mol. The van der Waals surface area contributed by atoms with Gasteiger partial charge in [0.25, 0.3) is 0 Å². The Morgan fingerprint density at radius 3 is 2.29 bits per heavy atom. The fourth-order valence-electron chi connectivity index (χ4n) is 0.542. The Balaban J connectivity index is 2.62. The molecule has 7 heavy (non-hydrogen) atoms. The summed E-state index contributed by atoms with van der Waals surface area (Å²) in [6.07, 6.45) is 3.72. The highest BCUT2D eigenvalue weighted by atomic mass is 14.2. The van der Waals surface area contributed by atoms with E-state index in [-0.39, 0.29) is 0 Å². The molecule has 0 saturated heterocycles. The summed E-state index contributed by atoms with van der Waals surface area (Å²) >= 11 is 0. The molecule has 34 valence electrons. The summed E-state index contributed by atoms with van der Waals surface area (Å²) in [5.74, 6) is 0. The second-order valence-corrected chi connectivity index (χ2v) is 1.60. The lowest BCUT2D eigenvalue weighted by Gasteiger charge is -2.00. The van der Waals surface area contributed by atoms with Gasteiger partial charge in [0.05, 0.1) is 11.6 Å². The first kappa shape index (κ1) is 4.14. The van der Waals surface area contributed by atoms with Gasteiger partial charge in [-0.05, 0) is 24.6 Å². The summed E-state index contributed by atoms with van der Waals surface area (Å²) in [4.78, 5) is 0. The first-order valence-electron chi connectivity index (χ1n) is 2.13. The van der Waals surface area contributed by atoms with Crippen molar-refractivity contribution in [3.63, 3.8) is 0 Å². The summed E-state index contributed by atoms with van der Waals surface area (Å²) < 4.78 is 0. The minimum Gasteiger partial charge on any atom is -0.192 e. The highest BCUT2D eigenvalue weighted by Crippen LogP contribution is 2.14. The van der Waals surface area contributed by atoms with Crippen LogP contribution < -0.4 is 0 Å². The molecule has 0 aliphatic heterocycles. The maximum atomic E-state index is 8.14. The Kier molecular flexibility index (Phi) is 0.729. The van der Waals surface area contributed by atoms with Crippen LogP contribution in [-0.2, 0) is 0 Å². The average Bonchev–Trinajstić information content (AvgIpc) is 1.58. The molecular formula is C6H5N. The summed E-state index contributed by atoms with van der Waals surface area (Å²) in [5.41, 5.74) is 1.98. The van der Waals surface area contributed by atoms with E-state index in [1.54, 1.807) is 0 Å². The van der Waals surface area contributed by atoms with Crippen LogP contribution >= 0.6 is 0 Å². The predicted molar refractivity (Wildman–Crippen MR) is 27.5 cm³/mol. The molecule has 0 unspecified atom stereocenters. The van der Waals surface area contributed by atoms with Crippen LogP contribution in [0, 0.1) is 11.3 Å². The van der Waals surface area contributed by atoms with Crippen LogP contribution in [0.2, 0.25) is 0 Å². The second-order valence-electron chi connectivity index (χ2n) is 1.60. The van der Waals surface area contributed by atoms with Crippen LogP contribution in [0.1, 0.15) is 6.92 Å². The molecule has 1 nitrogen and oxygen atoms in total. The topological polar surface area (TPSA) is 23.8 Å². The van der Waals surface area contributed by atoms with E-state index in [4.69, 9.17) is 5.26 Å². The molecule has 0 saturated carbocycles. The van der Waals surface area contributed by atoms with Crippen molar-refractivity contribution in [3.8, 4) is 6.07 Å². The van der Waals surface area contributed by atoms with Gasteiger partial charge in [-0.2, -0.15) is 5.26 Å². The van der Waals surface area contributed by atoms with E-state index in [0.29, 0.717) is 0 Å². The molecule has 0 N–H and O–H groups in total. The van der Waals surface area contributed by atoms with E-state index in [9.17, 15) is 0 Å². The maximum absolute atomic E-state index is 8.14. The van der Waals surface area contributed by atoms with Crippen molar-refractivity contribution in [1.82, 2.24) is 0 Å². The Bertz CT molecular complexity index is 179. The molecule has 0 aromatic heterocycles. The number of hydrogen-bond donors (Lipinski definition) is 0. The lowest BCUT2D eigenvalue weighted by Crippen LogP contribution is -1.85. The smallest absolute Gasteiger partial charge is 0.0991 e. The van der Waals surface area contributed by atoms with Crippen molar-refractivity contribution in [3.05, 3.63) is 23.3 Å². The van der Waals surface area contributed by atoms with Crippen molar-refractivity contribution in [2.75, 3.05) is 0 Å². The third kappa shape index (κ3) is 0.545. The van der Waals surface area contributed by atoms with Crippen LogP contribution in [0.15, 0.2) is 23.3 Å². The first-order valence-corrected chi connectivity index (χ1v) is 2.13. The van der Waals surface area contributed by atoms with Crippen LogP contribution in [0.25, 0.3) is 0 Å². The minimum absolute atomic E-state index is 0.789. The molecule has 0 atom stereocenters. The standard InChI is InChI=1S/C6H5N/c1-5-2-6(3-5)4-7/h2-3H,1H3. The molecule has 0 amide bonds. The van der Waals surface area contributed by atoms with Gasteiger partial charge < -0.3 is 0 Å². The monoisotopic (exact) mass is 91.0 g/mol. The van der Waals surface area contributed by atoms with Crippen molar-refractivity contribution >= 4 is 0 Å². The van der Waals surface area contributed by atoms with Crippen LogP contribution in [0.3, 0.4) is 0 Å². The van der Waals surface area contributed by atoms with Crippen LogP contribution in [0.4, 0.5) is 0 Å². The van der Waals surface area contributed by atoms with E-state index in [0.717, 1.165) is 5.57 Å². The molecule has 0 bridgehead atoms. The Morgan fingerprint density at radius 1 is 1.57 bits per heavy atom. The SMILES string of the molecule is CC1=CC(C#N)=C1. The highest BCUT2D eigenvalue weighted by molar-refractivity contribution is 5.50. The zero-order valence-electron chi connectivity index (χ0n) is 4.10. The Labute approximate surface area is 42.6 Å². The molecule has 1 heteroatoms. The molecule has 0 spiro atoms. The summed E-state index contributed by atoms with van der Waals surface area (Å²) in [7, 11) is 0. The van der Waals surface area contributed by atoms with Gasteiger partial charge in [-0.25, -0.2) is 0 Å². The van der Waals surface area contributed by atoms with Gasteiger partial charge in [0.1, 0.15) is 0 Å². The van der Waals surface area contributed by atoms with Crippen molar-refractivity contribution in [2.24, 2.45) is 0 Å². The van der Waals surface area contributed by atoms with Gasteiger partial charge >= 0.3 is 0 Å². The van der Waals surface area contributed by atoms with E-state index >= 15 is 0 Å². The van der Waals surface area contributed by atoms with Gasteiger partial charge in [0, 0.05) is 0 Å². The number of allylic oxidation sites excluding steroid dienone is 4. The largest absolute Gasteiger partial charge is 0.192 e. The summed E-state index contributed by atoms with van der Waals surface area (Å²) in [5, 5.41) is 8.14. The van der Waals surface area contributed by atoms with E-state index in [1.165, 1.54) is 5.57 Å². The van der Waals surface area contributed by atoms with Gasteiger partial charge in [0.15, 0.2) is 0 Å². The normalized spacial score (nSPS) is 16.0. The third-order valence-electron chi connectivity index (χ3n) is 0.895. The number of nitriles is 1. The fraction of sp³-hybridized carbons (Fsp3) is 0.167. The fourth-order valence-corrected chi connectivity index (χ4v) is 0.542. The van der Waals surface area contributed by atoms with Crippen molar-refractivity contribution in [1.29, 1.82) is 5.26 Å². The summed E-state index contributed by atoms with van der Waals surface area (Å²) in [6.45, 7) is 1.97. The molecule has 0 aromatic carbocycles. The first-order chi connectivity index (χ1) is 3.33. The van der Waals surface area contributed by atoms with Crippen molar-refractivity contribution in [2.45, 2.75) is 6.92 Å². The van der Waals surface area contributed by atoms with Gasteiger partial charge in [-0.1, -0.05) is 0 Å². The van der Waals surface area contributed by atoms with E-state index < -0.39 is 0 Å². The van der Waals surface area contributed by atoms with Crippen LogP contribution in [0.5, 0.6) is 0 Å². The Morgan fingerprint density at radius 2 is 2.14 bits per heavy atom. The predicted octanol–water partition coefficient (Wildman–Crippen LogP) is 1.40. The quantitative estimate of drug-likeness (QED) is 0.442. The maximum Gasteiger partial charge on any atom is 0.0991 e. The molecule has 1 aliphatic carbocycles. The molecular weight excluding hydrogens is 86.1 g/mol. The van der Waals surface area contributed by atoms with Gasteiger partial charge in [-0.15, -0.1) is 0 Å². The second kappa shape index (κ2) is 1.23. The number of rotatable bonds is 0. The zero-order chi connectivity index (χ0) is 5.28. The molecule has 1 rings (SSSR count). The minimum atomic E-state index is 0.789. The highest BCUT2D eigenvalue weighted by Gasteiger charge is 1.99. The lowest BCUT2D eigenvalue weighted by atomic mass is 10.0. The molecule has 1 aliphatic rings. The number of nitrogens with zero attached hydrogens (tertiary/aromatic N) is 1. The van der Waals surface area contributed by atoms with E-state index in [1.807, 2.05) is 25.1 Å². The lowest BCUT2D eigenvalue weighted by molar-refractivity contribution is 1.38. The summed E-state index contributed by atoms with van der Waals surface area (Å²) in [6, 6.07) is 2.02. The van der Waals surface area contributed by atoms with Gasteiger partial charge in [-0.3, -0.25) is 0 Å². The number of hydrogen-bond acceptors (Lipinski definition) is 1. The molecule has 0 radical (unpaired) electrons. The van der Waals surface area contributed by atoms with Crippen molar-refractivity contribution < 1.29 is 0 Å². The van der Waals surface area contributed by atoms with E-state index in [2.05, 4.69) is 0 Å². The zero-order valence-corrected chi connectivity index (χ0v) is 4.10. The molecule has 0 heterocycles. The Hall–Kier alpha value is -1.03. The molecule has 0 aromatic rings. The van der Waals surface area contributed by atoms with Gasteiger partial charge in [0.2, 0.25) is 0 Å². The third-order valence-corrected chi connectivity index (χ3v) is 0.895. The molecule has 0 fully saturated rings.